The zero-order valence-corrected chi connectivity index (χ0v) is 17.2. The van der Waals surface area contributed by atoms with Crippen LogP contribution in [0.4, 0.5) is 16.2 Å². The molecule has 0 saturated carbocycles. The lowest BCUT2D eigenvalue weighted by Crippen LogP contribution is -2.43. The van der Waals surface area contributed by atoms with Crippen LogP contribution < -0.4 is 14.8 Å². The Morgan fingerprint density at radius 1 is 1.41 bits per heavy atom. The second kappa shape index (κ2) is 8.47. The molecule has 0 aromatic carbocycles. The Morgan fingerprint density at radius 3 is 2.48 bits per heavy atom. The number of anilines is 1. The first-order chi connectivity index (χ1) is 13.3. The molecule has 29 heavy (non-hydrogen) atoms. The van der Waals surface area contributed by atoms with Crippen molar-refractivity contribution in [3.8, 4) is 0 Å². The zero-order chi connectivity index (χ0) is 22.0. The van der Waals surface area contributed by atoms with Crippen LogP contribution in [0.5, 0.6) is 0 Å². The average Bonchev–Trinajstić information content (AvgIpc) is 2.57. The number of hydrogen-bond acceptors (Lipinski definition) is 8. The number of carbonyl (C=O) groups is 1. The molecule has 2 rings (SSSR count). The number of pyridine rings is 1. The number of rotatable bonds is 5. The van der Waals surface area contributed by atoms with E-state index in [1.165, 1.54) is 0 Å². The predicted molar refractivity (Wildman–Crippen MR) is 101 cm³/mol. The molecular formula is C16H24N4O8S. The largest absolute Gasteiger partial charge is 0.618 e. The zero-order valence-electron chi connectivity index (χ0n) is 16.4. The second-order valence-electron chi connectivity index (χ2n) is 7.66. The Labute approximate surface area is 168 Å². The van der Waals surface area contributed by atoms with Gasteiger partial charge in [0.2, 0.25) is 6.20 Å². The summed E-state index contributed by atoms with van der Waals surface area (Å²) in [6.07, 6.45) is 0.982. The predicted octanol–water partition coefficient (Wildman–Crippen LogP) is 1.04. The number of aromatic nitrogens is 1. The van der Waals surface area contributed by atoms with Gasteiger partial charge in [-0.1, -0.05) is 0 Å². The van der Waals surface area contributed by atoms with Gasteiger partial charge in [0.05, 0.1) is 4.92 Å². The van der Waals surface area contributed by atoms with Crippen molar-refractivity contribution in [2.75, 3.05) is 24.7 Å². The van der Waals surface area contributed by atoms with Crippen molar-refractivity contribution in [2.45, 2.75) is 44.2 Å². The average molecular weight is 432 g/mol. The standard InChI is InChI=1S/C16H24N4O8S/c1-16(2,3)28-15(21)18(9-11-4-6-27-7-5-11)13-10-19(22)14(29(17,25)26)8-12(13)20(23)24/h8,10-11H,4-7,9H2,1-3H3,(H2,17,25,26). The third kappa shape index (κ3) is 5.98. The number of nitro groups is 1. The van der Waals surface area contributed by atoms with Crippen LogP contribution in [0.25, 0.3) is 0 Å². The van der Waals surface area contributed by atoms with E-state index in [2.05, 4.69) is 0 Å². The van der Waals surface area contributed by atoms with Crippen molar-refractivity contribution in [3.63, 3.8) is 0 Å². The van der Waals surface area contributed by atoms with Crippen LogP contribution in [0.15, 0.2) is 17.3 Å². The van der Waals surface area contributed by atoms with Gasteiger partial charge >= 0.3 is 16.8 Å². The Balaban J connectivity index is 2.57. The Bertz CT molecular complexity index is 891. The van der Waals surface area contributed by atoms with E-state index in [0.717, 1.165) is 4.90 Å². The third-order valence-electron chi connectivity index (χ3n) is 4.15. The smallest absolute Gasteiger partial charge is 0.415 e. The van der Waals surface area contributed by atoms with E-state index < -0.39 is 37.4 Å². The van der Waals surface area contributed by atoms with E-state index in [1.807, 2.05) is 0 Å². The summed E-state index contributed by atoms with van der Waals surface area (Å²) in [5.41, 5.74) is -2.02. The maximum atomic E-state index is 12.8. The lowest BCUT2D eigenvalue weighted by molar-refractivity contribution is -0.646. The lowest BCUT2D eigenvalue weighted by Gasteiger charge is -2.31. The van der Waals surface area contributed by atoms with Crippen LogP contribution >= 0.6 is 0 Å². The molecule has 2 N–H and O–H groups in total. The van der Waals surface area contributed by atoms with E-state index in [1.54, 1.807) is 20.8 Å². The van der Waals surface area contributed by atoms with Gasteiger partial charge in [-0.25, -0.2) is 18.4 Å². The molecule has 1 saturated heterocycles. The van der Waals surface area contributed by atoms with Gasteiger partial charge in [0.1, 0.15) is 11.7 Å². The van der Waals surface area contributed by atoms with Crippen LogP contribution in [-0.2, 0) is 19.5 Å². The fourth-order valence-electron chi connectivity index (χ4n) is 2.83. The molecular weight excluding hydrogens is 408 g/mol. The number of carbonyl (C=O) groups excluding carboxylic acids is 1. The maximum Gasteiger partial charge on any atom is 0.415 e. The summed E-state index contributed by atoms with van der Waals surface area (Å²) in [7, 11) is -4.51. The molecule has 1 fully saturated rings. The molecule has 0 radical (unpaired) electrons. The first kappa shape index (κ1) is 22.8. The number of primary sulfonamides is 1. The highest BCUT2D eigenvalue weighted by atomic mass is 32.2. The van der Waals surface area contributed by atoms with Gasteiger partial charge in [0.25, 0.3) is 10.0 Å². The third-order valence-corrected chi connectivity index (χ3v) is 5.03. The van der Waals surface area contributed by atoms with Gasteiger partial charge in [-0.3, -0.25) is 15.0 Å². The normalized spacial score (nSPS) is 15.7. The highest BCUT2D eigenvalue weighted by Crippen LogP contribution is 2.31. The van der Waals surface area contributed by atoms with Gasteiger partial charge in [-0.05, 0) is 39.5 Å². The molecule has 13 heteroatoms. The van der Waals surface area contributed by atoms with E-state index in [0.29, 0.717) is 38.3 Å². The minimum Gasteiger partial charge on any atom is -0.618 e. The van der Waals surface area contributed by atoms with E-state index in [9.17, 15) is 28.5 Å². The molecule has 12 nitrogen and oxygen atoms in total. The van der Waals surface area contributed by atoms with Crippen molar-refractivity contribution in [2.24, 2.45) is 11.1 Å². The molecule has 2 heterocycles. The van der Waals surface area contributed by atoms with Crippen molar-refractivity contribution in [1.29, 1.82) is 0 Å². The summed E-state index contributed by atoms with van der Waals surface area (Å²) in [5, 5.41) is 27.7. The van der Waals surface area contributed by atoms with E-state index >= 15 is 0 Å². The van der Waals surface area contributed by atoms with E-state index in [-0.39, 0.29) is 22.9 Å². The molecule has 1 amide bonds. The van der Waals surface area contributed by atoms with Crippen LogP contribution in [0.3, 0.4) is 0 Å². The van der Waals surface area contributed by atoms with Gasteiger partial charge in [0, 0.05) is 19.8 Å². The summed E-state index contributed by atoms with van der Waals surface area (Å²) in [6, 6.07) is 0.541. The molecule has 0 spiro atoms. The van der Waals surface area contributed by atoms with Gasteiger partial charge in [-0.2, -0.15) is 4.73 Å². The summed E-state index contributed by atoms with van der Waals surface area (Å²) in [4.78, 5) is 24.5. The number of ether oxygens (including phenoxy) is 2. The number of amides is 1. The Kier molecular flexibility index (Phi) is 6.65. The SMILES string of the molecule is CC(C)(C)OC(=O)N(CC1CCOCC1)c1c[n+]([O-])c(S(N)(=O)=O)cc1[N+](=O)[O-]. The van der Waals surface area contributed by atoms with E-state index in [4.69, 9.17) is 14.6 Å². The summed E-state index contributed by atoms with van der Waals surface area (Å²) in [6.45, 7) is 5.87. The molecule has 0 unspecified atom stereocenters. The number of nitrogens with two attached hydrogens (primary N) is 1. The highest BCUT2D eigenvalue weighted by Gasteiger charge is 2.36. The number of hydrogen-bond donors (Lipinski definition) is 1. The summed E-state index contributed by atoms with van der Waals surface area (Å²) < 4.78 is 33.6. The molecule has 0 atom stereocenters. The molecule has 0 aliphatic carbocycles. The number of sulfonamides is 1. The monoisotopic (exact) mass is 432 g/mol. The highest BCUT2D eigenvalue weighted by molar-refractivity contribution is 7.89. The minimum absolute atomic E-state index is 0.0356. The minimum atomic E-state index is -4.51. The molecule has 1 aromatic rings. The summed E-state index contributed by atoms with van der Waals surface area (Å²) in [5.74, 6) is -0.0473. The first-order valence-corrected chi connectivity index (χ1v) is 10.4. The summed E-state index contributed by atoms with van der Waals surface area (Å²) >= 11 is 0. The molecule has 0 bridgehead atoms. The van der Waals surface area contributed by atoms with Crippen molar-refractivity contribution in [3.05, 3.63) is 27.6 Å². The lowest BCUT2D eigenvalue weighted by atomic mass is 9.99. The topological polar surface area (TPSA) is 169 Å². The van der Waals surface area contributed by atoms with Gasteiger partial charge in [-0.15, -0.1) is 0 Å². The first-order valence-electron chi connectivity index (χ1n) is 8.82. The fraction of sp³-hybridized carbons (Fsp3) is 0.625. The molecule has 162 valence electrons. The fourth-order valence-corrected chi connectivity index (χ4v) is 3.41. The number of nitrogens with zero attached hydrogens (tertiary/aromatic N) is 3. The van der Waals surface area contributed by atoms with Crippen LogP contribution in [0.2, 0.25) is 0 Å². The maximum absolute atomic E-state index is 12.8. The van der Waals surface area contributed by atoms with Crippen molar-refractivity contribution in [1.82, 2.24) is 0 Å². The molecule has 1 aliphatic heterocycles. The van der Waals surface area contributed by atoms with Gasteiger partial charge < -0.3 is 14.7 Å². The second-order valence-corrected chi connectivity index (χ2v) is 9.17. The van der Waals surface area contributed by atoms with Crippen LogP contribution in [0, 0.1) is 21.2 Å². The van der Waals surface area contributed by atoms with Crippen LogP contribution in [-0.4, -0.2) is 44.8 Å². The molecule has 1 aromatic heterocycles. The van der Waals surface area contributed by atoms with Crippen molar-refractivity contribution < 1.29 is 32.3 Å². The van der Waals surface area contributed by atoms with Crippen LogP contribution in [0.1, 0.15) is 33.6 Å². The van der Waals surface area contributed by atoms with Crippen molar-refractivity contribution >= 4 is 27.5 Å². The Hall–Kier alpha value is -2.51. The molecule has 1 aliphatic rings. The Morgan fingerprint density at radius 2 is 2.00 bits per heavy atom. The van der Waals surface area contributed by atoms with Gasteiger partial charge in [0.15, 0.2) is 5.69 Å². The quantitative estimate of drug-likeness (QED) is 0.311.